The van der Waals surface area contributed by atoms with E-state index >= 15 is 0 Å². The van der Waals surface area contributed by atoms with Crippen LogP contribution in [0.4, 0.5) is 0 Å². The van der Waals surface area contributed by atoms with Gasteiger partial charge in [0.1, 0.15) is 5.75 Å². The number of hydrogen-bond acceptors (Lipinski definition) is 3. The van der Waals surface area contributed by atoms with Gasteiger partial charge in [-0.15, -0.1) is 17.9 Å². The van der Waals surface area contributed by atoms with Crippen LogP contribution in [0.1, 0.15) is 43.1 Å². The van der Waals surface area contributed by atoms with Gasteiger partial charge in [-0.05, 0) is 30.7 Å². The van der Waals surface area contributed by atoms with Crippen molar-refractivity contribution in [3.63, 3.8) is 0 Å². The highest BCUT2D eigenvalue weighted by Crippen LogP contribution is 2.33. The summed E-state index contributed by atoms with van der Waals surface area (Å²) in [6, 6.07) is 1.90. The first kappa shape index (κ1) is 13.3. The third-order valence-corrected chi connectivity index (χ3v) is 3.57. The number of aliphatic hydroxyl groups excluding tert-OH is 1. The Kier molecular flexibility index (Phi) is 6.19. The molecule has 0 bridgehead atoms. The minimum Gasteiger partial charge on any atom is -0.495 e. The van der Waals surface area contributed by atoms with Gasteiger partial charge in [0.05, 0.1) is 18.1 Å². The number of thiophene rings is 1. The maximum atomic E-state index is 9.99. The Labute approximate surface area is 102 Å². The molecule has 3 heteroatoms. The summed E-state index contributed by atoms with van der Waals surface area (Å²) in [7, 11) is 1.64. The van der Waals surface area contributed by atoms with Crippen molar-refractivity contribution in [2.24, 2.45) is 0 Å². The molecule has 1 rings (SSSR count). The van der Waals surface area contributed by atoms with Crippen molar-refractivity contribution in [3.8, 4) is 5.75 Å². The molecule has 1 heterocycles. The molecule has 1 aromatic heterocycles. The van der Waals surface area contributed by atoms with E-state index in [2.05, 4.69) is 6.58 Å². The largest absolute Gasteiger partial charge is 0.495 e. The molecule has 1 unspecified atom stereocenters. The molecule has 0 saturated carbocycles. The molecule has 2 nitrogen and oxygen atoms in total. The first-order valence-electron chi connectivity index (χ1n) is 5.70. The number of allylic oxidation sites excluding steroid dienone is 1. The van der Waals surface area contributed by atoms with Crippen LogP contribution in [0.25, 0.3) is 0 Å². The van der Waals surface area contributed by atoms with E-state index in [-0.39, 0.29) is 6.10 Å². The fraction of sp³-hybridized carbons (Fsp3) is 0.538. The molecule has 1 N–H and O–H groups in total. The maximum absolute atomic E-state index is 9.99. The quantitative estimate of drug-likeness (QED) is 0.551. The molecule has 0 aliphatic heterocycles. The van der Waals surface area contributed by atoms with Gasteiger partial charge in [-0.2, -0.15) is 0 Å². The summed E-state index contributed by atoms with van der Waals surface area (Å²) < 4.78 is 5.19. The molecule has 1 aromatic rings. The standard InChI is InChI=1S/C13H20O2S/c1-3-4-5-6-7-8-11(14)13-12(15-2)9-10-16-13/h3,9-11,14H,1,4-8H2,2H3. The van der Waals surface area contributed by atoms with Gasteiger partial charge in [0.15, 0.2) is 0 Å². The Morgan fingerprint density at radius 2 is 2.31 bits per heavy atom. The van der Waals surface area contributed by atoms with E-state index in [0.29, 0.717) is 0 Å². The van der Waals surface area contributed by atoms with Crippen LogP contribution in [-0.2, 0) is 0 Å². The number of hydrogen-bond donors (Lipinski definition) is 1. The van der Waals surface area contributed by atoms with Gasteiger partial charge in [-0.1, -0.05) is 18.9 Å². The van der Waals surface area contributed by atoms with Crippen molar-refractivity contribution in [1.29, 1.82) is 0 Å². The second-order valence-electron chi connectivity index (χ2n) is 3.80. The summed E-state index contributed by atoms with van der Waals surface area (Å²) in [5.41, 5.74) is 0. The number of rotatable bonds is 8. The van der Waals surface area contributed by atoms with Crippen molar-refractivity contribution in [1.82, 2.24) is 0 Å². The van der Waals surface area contributed by atoms with Gasteiger partial charge >= 0.3 is 0 Å². The molecule has 16 heavy (non-hydrogen) atoms. The van der Waals surface area contributed by atoms with E-state index in [9.17, 15) is 5.11 Å². The molecular formula is C13H20O2S. The lowest BCUT2D eigenvalue weighted by molar-refractivity contribution is 0.163. The van der Waals surface area contributed by atoms with Crippen molar-refractivity contribution >= 4 is 11.3 Å². The molecular weight excluding hydrogens is 220 g/mol. The van der Waals surface area contributed by atoms with E-state index in [1.54, 1.807) is 18.4 Å². The molecule has 1 atom stereocenters. The van der Waals surface area contributed by atoms with Gasteiger partial charge in [-0.3, -0.25) is 0 Å². The smallest absolute Gasteiger partial charge is 0.135 e. The summed E-state index contributed by atoms with van der Waals surface area (Å²) in [5.74, 6) is 0.809. The van der Waals surface area contributed by atoms with Crippen molar-refractivity contribution in [3.05, 3.63) is 29.0 Å². The molecule has 0 amide bonds. The highest BCUT2D eigenvalue weighted by atomic mass is 32.1. The second-order valence-corrected chi connectivity index (χ2v) is 4.74. The topological polar surface area (TPSA) is 29.5 Å². The van der Waals surface area contributed by atoms with E-state index in [1.165, 1.54) is 0 Å². The summed E-state index contributed by atoms with van der Waals surface area (Å²) in [6.07, 6.45) is 6.81. The van der Waals surface area contributed by atoms with Gasteiger partial charge in [0, 0.05) is 0 Å². The van der Waals surface area contributed by atoms with Crippen molar-refractivity contribution in [2.75, 3.05) is 7.11 Å². The van der Waals surface area contributed by atoms with Crippen LogP contribution in [0, 0.1) is 0 Å². The summed E-state index contributed by atoms with van der Waals surface area (Å²) in [4.78, 5) is 0.950. The van der Waals surface area contributed by atoms with Crippen LogP contribution >= 0.6 is 11.3 Å². The van der Waals surface area contributed by atoms with Crippen LogP contribution in [-0.4, -0.2) is 12.2 Å². The molecule has 0 fully saturated rings. The minimum atomic E-state index is -0.376. The molecule has 0 radical (unpaired) electrons. The lowest BCUT2D eigenvalue weighted by Crippen LogP contribution is -1.97. The summed E-state index contributed by atoms with van der Waals surface area (Å²) in [6.45, 7) is 3.69. The average Bonchev–Trinajstić information content (AvgIpc) is 2.76. The predicted molar refractivity (Wildman–Crippen MR) is 69.1 cm³/mol. The highest BCUT2D eigenvalue weighted by molar-refractivity contribution is 7.10. The van der Waals surface area contributed by atoms with E-state index in [1.807, 2.05) is 17.5 Å². The van der Waals surface area contributed by atoms with E-state index < -0.39 is 0 Å². The Morgan fingerprint density at radius 3 is 3.00 bits per heavy atom. The lowest BCUT2D eigenvalue weighted by Gasteiger charge is -2.10. The second kappa shape index (κ2) is 7.47. The fourth-order valence-electron chi connectivity index (χ4n) is 1.65. The van der Waals surface area contributed by atoms with Gasteiger partial charge in [0.25, 0.3) is 0 Å². The highest BCUT2D eigenvalue weighted by Gasteiger charge is 2.13. The van der Waals surface area contributed by atoms with Crippen LogP contribution in [0.2, 0.25) is 0 Å². The Morgan fingerprint density at radius 1 is 1.50 bits per heavy atom. The van der Waals surface area contributed by atoms with Crippen molar-refractivity contribution in [2.45, 2.75) is 38.2 Å². The average molecular weight is 240 g/mol. The van der Waals surface area contributed by atoms with Gasteiger partial charge in [-0.25, -0.2) is 0 Å². The monoisotopic (exact) mass is 240 g/mol. The van der Waals surface area contributed by atoms with Crippen LogP contribution in [0.3, 0.4) is 0 Å². The normalized spacial score (nSPS) is 12.4. The molecule has 0 saturated heterocycles. The van der Waals surface area contributed by atoms with Gasteiger partial charge in [0.2, 0.25) is 0 Å². The summed E-state index contributed by atoms with van der Waals surface area (Å²) in [5, 5.41) is 11.9. The number of methoxy groups -OCH3 is 1. The maximum Gasteiger partial charge on any atom is 0.135 e. The first-order valence-corrected chi connectivity index (χ1v) is 6.58. The van der Waals surface area contributed by atoms with E-state index in [4.69, 9.17) is 4.74 Å². The molecule has 0 spiro atoms. The Bertz CT molecular complexity index is 307. The van der Waals surface area contributed by atoms with Crippen molar-refractivity contribution < 1.29 is 9.84 Å². The zero-order valence-electron chi connectivity index (χ0n) is 9.82. The summed E-state index contributed by atoms with van der Waals surface area (Å²) >= 11 is 1.56. The Balaban J connectivity index is 2.29. The fourth-order valence-corrected chi connectivity index (χ4v) is 2.54. The van der Waals surface area contributed by atoms with Crippen LogP contribution in [0.5, 0.6) is 5.75 Å². The first-order chi connectivity index (χ1) is 7.79. The zero-order chi connectivity index (χ0) is 11.8. The predicted octanol–water partition coefficient (Wildman–Crippen LogP) is 3.93. The number of ether oxygens (including phenoxy) is 1. The van der Waals surface area contributed by atoms with Gasteiger partial charge < -0.3 is 9.84 Å². The van der Waals surface area contributed by atoms with Crippen LogP contribution in [0.15, 0.2) is 24.1 Å². The molecule has 0 aliphatic rings. The zero-order valence-corrected chi connectivity index (χ0v) is 10.6. The third-order valence-electron chi connectivity index (χ3n) is 2.57. The number of unbranched alkanes of at least 4 members (excludes halogenated alkanes) is 3. The van der Waals surface area contributed by atoms with E-state index in [0.717, 1.165) is 42.7 Å². The Hall–Kier alpha value is -0.800. The van der Waals surface area contributed by atoms with Crippen LogP contribution < -0.4 is 4.74 Å². The molecule has 90 valence electrons. The number of aliphatic hydroxyl groups is 1. The minimum absolute atomic E-state index is 0.376. The lowest BCUT2D eigenvalue weighted by atomic mass is 10.1. The molecule has 0 aromatic carbocycles. The SMILES string of the molecule is C=CCCCCCC(O)c1sccc1OC. The third kappa shape index (κ3) is 3.99. The molecule has 0 aliphatic carbocycles.